The molecule has 0 unspecified atom stereocenters. The van der Waals surface area contributed by atoms with Crippen LogP contribution in [0.1, 0.15) is 98.0 Å². The molecule has 0 aliphatic carbocycles. The van der Waals surface area contributed by atoms with Gasteiger partial charge in [-0.15, -0.1) is 0 Å². The molecule has 7 nitrogen and oxygen atoms in total. The first-order valence-electron chi connectivity index (χ1n) is 13.4. The number of amides is 4. The van der Waals surface area contributed by atoms with Crippen LogP contribution in [0.5, 0.6) is 0 Å². The van der Waals surface area contributed by atoms with Crippen LogP contribution >= 0.6 is 0 Å². The fourth-order valence-electron chi connectivity index (χ4n) is 5.74. The molecule has 7 heteroatoms. The fourth-order valence-corrected chi connectivity index (χ4v) is 5.74. The van der Waals surface area contributed by atoms with Gasteiger partial charge < -0.3 is 5.11 Å². The Kier molecular flexibility index (Phi) is 7.13. The number of carbonyl (C=O) groups is 4. The predicted octanol–water partition coefficient (Wildman–Crippen LogP) is 5.44. The number of carbonyl (C=O) groups excluding carboxylic acids is 4. The first-order valence-corrected chi connectivity index (χ1v) is 13.4. The van der Waals surface area contributed by atoms with Gasteiger partial charge in [0, 0.05) is 46.2 Å². The van der Waals surface area contributed by atoms with Crippen LogP contribution in [0.4, 0.5) is 5.69 Å². The maximum Gasteiger partial charge on any atom is 0.266 e. The van der Waals surface area contributed by atoms with Crippen LogP contribution in [-0.2, 0) is 6.42 Å². The van der Waals surface area contributed by atoms with Crippen LogP contribution in [0.3, 0.4) is 0 Å². The molecule has 3 aromatic rings. The average Bonchev–Trinajstić information content (AvgIpc) is 2.92. The summed E-state index contributed by atoms with van der Waals surface area (Å²) in [6.45, 7) is 4.38. The van der Waals surface area contributed by atoms with Crippen LogP contribution in [0.25, 0.3) is 10.8 Å². The number of para-hydroxylation sites is 1. The summed E-state index contributed by atoms with van der Waals surface area (Å²) in [7, 11) is 0. The van der Waals surface area contributed by atoms with Crippen LogP contribution in [0.2, 0.25) is 0 Å². The number of nitrogens with zero attached hydrogens (tertiary/aromatic N) is 2. The molecule has 2 aliphatic rings. The average molecular weight is 513 g/mol. The molecule has 2 heterocycles. The van der Waals surface area contributed by atoms with Crippen molar-refractivity contribution in [2.75, 3.05) is 18.1 Å². The number of aliphatic hydroxyl groups excluding tert-OH is 1. The van der Waals surface area contributed by atoms with Crippen LogP contribution in [0, 0.1) is 6.92 Å². The normalized spacial score (nSPS) is 14.7. The predicted molar refractivity (Wildman–Crippen MR) is 146 cm³/mol. The number of hydrogen-bond acceptors (Lipinski definition) is 5. The number of anilines is 1. The van der Waals surface area contributed by atoms with Crippen LogP contribution < -0.4 is 4.90 Å². The third kappa shape index (κ3) is 4.11. The molecule has 0 aromatic heterocycles. The number of unbranched alkanes of at least 4 members (excludes halogenated alkanes) is 5. The number of hydrogen-bond donors (Lipinski definition) is 1. The third-order valence-corrected chi connectivity index (χ3v) is 7.69. The smallest absolute Gasteiger partial charge is 0.266 e. The minimum absolute atomic E-state index is 0.200. The highest BCUT2D eigenvalue weighted by molar-refractivity contribution is 6.39. The lowest BCUT2D eigenvalue weighted by atomic mass is 9.85. The van der Waals surface area contributed by atoms with E-state index in [4.69, 9.17) is 5.11 Å². The van der Waals surface area contributed by atoms with Gasteiger partial charge in [0.15, 0.2) is 0 Å². The number of aryl methyl sites for hydroxylation is 2. The van der Waals surface area contributed by atoms with Gasteiger partial charge in [-0.2, -0.15) is 0 Å². The highest BCUT2D eigenvalue weighted by atomic mass is 16.3. The fraction of sp³-hybridized carbons (Fsp3) is 0.355. The molecule has 3 aromatic carbocycles. The van der Waals surface area contributed by atoms with E-state index in [9.17, 15) is 19.2 Å². The molecule has 0 atom stereocenters. The summed E-state index contributed by atoms with van der Waals surface area (Å²) < 4.78 is 0. The van der Waals surface area contributed by atoms with Crippen molar-refractivity contribution in [3.8, 4) is 0 Å². The van der Waals surface area contributed by atoms with Crippen molar-refractivity contribution in [3.05, 3.63) is 75.8 Å². The standard InChI is InChI=1S/C31H32N2O5/c1-3-20-12-10-11-19(2)27(20)33-30(37)23-15-13-21-25-22(14-16-24(26(23)25)31(33)38)29(36)32(28(21)35)17-8-6-4-5-7-9-18-34/h10-16,34H,3-9,17-18H2,1-2H3. The Bertz CT molecular complexity index is 1400. The highest BCUT2D eigenvalue weighted by Gasteiger charge is 2.40. The number of aliphatic hydroxyl groups is 1. The van der Waals surface area contributed by atoms with Crippen molar-refractivity contribution in [3.63, 3.8) is 0 Å². The van der Waals surface area contributed by atoms with Crippen molar-refractivity contribution in [2.24, 2.45) is 0 Å². The molecule has 0 saturated carbocycles. The molecule has 2 aliphatic heterocycles. The highest BCUT2D eigenvalue weighted by Crippen LogP contribution is 2.40. The SMILES string of the molecule is CCc1cccc(C)c1N1C(=O)c2ccc3c4c(ccc(c24)C1=O)C(=O)N(CCCCCCCCO)C3=O. The number of rotatable bonds is 10. The second-order valence-corrected chi connectivity index (χ2v) is 10.1. The number of imide groups is 2. The molecule has 38 heavy (non-hydrogen) atoms. The van der Waals surface area contributed by atoms with Gasteiger partial charge in [-0.05, 0) is 61.6 Å². The minimum atomic E-state index is -0.446. The molecule has 0 radical (unpaired) electrons. The lowest BCUT2D eigenvalue weighted by molar-refractivity contribution is 0.0606. The summed E-state index contributed by atoms with van der Waals surface area (Å²) in [5.41, 5.74) is 3.66. The maximum atomic E-state index is 13.8. The maximum absolute atomic E-state index is 13.8. The van der Waals surface area contributed by atoms with E-state index in [0.717, 1.165) is 43.2 Å². The van der Waals surface area contributed by atoms with E-state index in [1.165, 1.54) is 9.80 Å². The van der Waals surface area contributed by atoms with Crippen LogP contribution in [0.15, 0.2) is 42.5 Å². The van der Waals surface area contributed by atoms with E-state index < -0.39 is 11.8 Å². The zero-order valence-corrected chi connectivity index (χ0v) is 21.9. The Morgan fingerprint density at radius 3 is 1.68 bits per heavy atom. The molecule has 0 saturated heterocycles. The Morgan fingerprint density at radius 2 is 1.16 bits per heavy atom. The van der Waals surface area contributed by atoms with E-state index in [1.54, 1.807) is 24.3 Å². The lowest BCUT2D eigenvalue weighted by Crippen LogP contribution is -2.44. The summed E-state index contributed by atoms with van der Waals surface area (Å²) in [5.74, 6) is -1.67. The Balaban J connectivity index is 1.49. The number of benzene rings is 3. The molecule has 0 fully saturated rings. The molecule has 5 rings (SSSR count). The second kappa shape index (κ2) is 10.5. The summed E-state index contributed by atoms with van der Waals surface area (Å²) >= 11 is 0. The molecule has 196 valence electrons. The van der Waals surface area contributed by atoms with E-state index >= 15 is 0 Å². The second-order valence-electron chi connectivity index (χ2n) is 10.1. The molecule has 1 N–H and O–H groups in total. The molecule has 0 spiro atoms. The largest absolute Gasteiger partial charge is 0.396 e. The molecular formula is C31H32N2O5. The van der Waals surface area contributed by atoms with Crippen molar-refractivity contribution < 1.29 is 24.3 Å². The van der Waals surface area contributed by atoms with E-state index in [-0.39, 0.29) is 18.4 Å². The van der Waals surface area contributed by atoms with Gasteiger partial charge in [0.25, 0.3) is 23.6 Å². The van der Waals surface area contributed by atoms with Gasteiger partial charge in [0.2, 0.25) is 0 Å². The summed E-state index contributed by atoms with van der Waals surface area (Å²) in [6.07, 6.45) is 6.01. The minimum Gasteiger partial charge on any atom is -0.396 e. The van der Waals surface area contributed by atoms with Crippen molar-refractivity contribution in [2.45, 2.75) is 58.8 Å². The quantitative estimate of drug-likeness (QED) is 0.288. The van der Waals surface area contributed by atoms with Gasteiger partial charge in [0.1, 0.15) is 0 Å². The zero-order chi connectivity index (χ0) is 27.0. The Hall–Kier alpha value is -3.84. The third-order valence-electron chi connectivity index (χ3n) is 7.69. The summed E-state index contributed by atoms with van der Waals surface area (Å²) in [6, 6.07) is 12.2. The van der Waals surface area contributed by atoms with Gasteiger partial charge in [-0.25, -0.2) is 4.90 Å². The lowest BCUT2D eigenvalue weighted by Gasteiger charge is -2.33. The van der Waals surface area contributed by atoms with Gasteiger partial charge in [0.05, 0.1) is 5.69 Å². The first-order chi connectivity index (χ1) is 18.4. The van der Waals surface area contributed by atoms with Gasteiger partial charge in [-0.3, -0.25) is 24.1 Å². The van der Waals surface area contributed by atoms with Gasteiger partial charge >= 0.3 is 0 Å². The molecular weight excluding hydrogens is 480 g/mol. The van der Waals surface area contributed by atoms with Gasteiger partial charge in [-0.1, -0.05) is 50.8 Å². The van der Waals surface area contributed by atoms with Crippen molar-refractivity contribution >= 4 is 40.1 Å². The first kappa shape index (κ1) is 25.8. The summed E-state index contributed by atoms with van der Waals surface area (Å²) in [4.78, 5) is 56.9. The Labute approximate surface area is 222 Å². The monoisotopic (exact) mass is 512 g/mol. The summed E-state index contributed by atoms with van der Waals surface area (Å²) in [5, 5.41) is 9.69. The van der Waals surface area contributed by atoms with Crippen LogP contribution in [-0.4, -0.2) is 46.8 Å². The van der Waals surface area contributed by atoms with Crippen molar-refractivity contribution in [1.29, 1.82) is 0 Å². The van der Waals surface area contributed by atoms with E-state index in [0.29, 0.717) is 58.1 Å². The van der Waals surface area contributed by atoms with E-state index in [1.807, 2.05) is 32.0 Å². The van der Waals surface area contributed by atoms with E-state index in [2.05, 4.69) is 0 Å². The molecule has 4 amide bonds. The molecule has 0 bridgehead atoms. The Morgan fingerprint density at radius 1 is 0.658 bits per heavy atom. The zero-order valence-electron chi connectivity index (χ0n) is 21.9. The topological polar surface area (TPSA) is 95.0 Å². The van der Waals surface area contributed by atoms with Crippen molar-refractivity contribution in [1.82, 2.24) is 4.90 Å².